The molecule has 96 valence electrons. The Kier molecular flexibility index (Phi) is 5.59. The monoisotopic (exact) mass is 239 g/mol. The van der Waals surface area contributed by atoms with Gasteiger partial charge in [0.15, 0.2) is 0 Å². The molecular weight excluding hydrogens is 217 g/mol. The van der Waals surface area contributed by atoms with Gasteiger partial charge in [0.25, 0.3) is 0 Å². The van der Waals surface area contributed by atoms with Crippen molar-refractivity contribution in [2.45, 2.75) is 33.4 Å². The van der Waals surface area contributed by atoms with Crippen LogP contribution >= 0.6 is 0 Å². The van der Waals surface area contributed by atoms with Crippen molar-refractivity contribution in [3.8, 4) is 0 Å². The number of likely N-dealkylation sites (tertiary alicyclic amines) is 1. The van der Waals surface area contributed by atoms with E-state index in [4.69, 9.17) is 4.74 Å². The van der Waals surface area contributed by atoms with Gasteiger partial charge in [0.05, 0.1) is 6.10 Å². The number of ether oxygens (including phenoxy) is 1. The normalized spacial score (nSPS) is 16.1. The van der Waals surface area contributed by atoms with E-state index in [9.17, 15) is 4.39 Å². The first kappa shape index (κ1) is 14.1. The average molecular weight is 239 g/mol. The zero-order chi connectivity index (χ0) is 12.8. The van der Waals surface area contributed by atoms with Crippen LogP contribution in [-0.2, 0) is 11.3 Å². The highest BCUT2D eigenvalue weighted by atomic mass is 19.1. The van der Waals surface area contributed by atoms with Crippen LogP contribution in [0.25, 0.3) is 0 Å². The molecule has 0 aliphatic carbocycles. The summed E-state index contributed by atoms with van der Waals surface area (Å²) in [4.78, 5) is 2.25. The number of benzene rings is 1. The first-order valence-electron chi connectivity index (χ1n) is 6.19. The van der Waals surface area contributed by atoms with Gasteiger partial charge in [0.2, 0.25) is 0 Å². The van der Waals surface area contributed by atoms with Gasteiger partial charge in [0.1, 0.15) is 5.82 Å². The fraction of sp³-hybridized carbons (Fsp3) is 0.571. The topological polar surface area (TPSA) is 12.5 Å². The molecule has 0 saturated carbocycles. The number of methoxy groups -OCH3 is 1. The molecule has 0 N–H and O–H groups in total. The lowest BCUT2D eigenvalue weighted by molar-refractivity contribution is -0.0334. The molecule has 0 aromatic heterocycles. The van der Waals surface area contributed by atoms with E-state index in [2.05, 4.69) is 4.90 Å². The fourth-order valence-corrected chi connectivity index (χ4v) is 1.79. The summed E-state index contributed by atoms with van der Waals surface area (Å²) in [5.41, 5.74) is 1.74. The van der Waals surface area contributed by atoms with Crippen LogP contribution in [0, 0.1) is 12.7 Å². The molecule has 0 unspecified atom stereocenters. The van der Waals surface area contributed by atoms with Crippen molar-refractivity contribution in [1.82, 2.24) is 4.90 Å². The number of aryl methyl sites for hydroxylation is 1. The van der Waals surface area contributed by atoms with Crippen molar-refractivity contribution >= 4 is 0 Å². The second-order valence-electron chi connectivity index (χ2n) is 4.14. The summed E-state index contributed by atoms with van der Waals surface area (Å²) in [6.45, 7) is 8.50. The van der Waals surface area contributed by atoms with Gasteiger partial charge in [-0.05, 0) is 24.1 Å². The molecule has 1 fully saturated rings. The third kappa shape index (κ3) is 3.79. The summed E-state index contributed by atoms with van der Waals surface area (Å²) in [5.74, 6) is -0.115. The van der Waals surface area contributed by atoms with Gasteiger partial charge >= 0.3 is 0 Å². The molecule has 1 aromatic rings. The molecule has 1 aliphatic rings. The Bertz CT molecular complexity index is 348. The van der Waals surface area contributed by atoms with Crippen LogP contribution in [0.4, 0.5) is 4.39 Å². The Morgan fingerprint density at radius 2 is 2.00 bits per heavy atom. The van der Waals surface area contributed by atoms with E-state index in [1.165, 1.54) is 0 Å². The van der Waals surface area contributed by atoms with Crippen molar-refractivity contribution < 1.29 is 9.13 Å². The van der Waals surface area contributed by atoms with Crippen molar-refractivity contribution in [2.24, 2.45) is 0 Å². The summed E-state index contributed by atoms with van der Waals surface area (Å²) in [7, 11) is 1.73. The van der Waals surface area contributed by atoms with Gasteiger partial charge in [0, 0.05) is 26.7 Å². The maximum Gasteiger partial charge on any atom is 0.126 e. The molecule has 0 bridgehead atoms. The Hall–Kier alpha value is -0.930. The quantitative estimate of drug-likeness (QED) is 0.804. The smallest absolute Gasteiger partial charge is 0.126 e. The van der Waals surface area contributed by atoms with Gasteiger partial charge in [-0.3, -0.25) is 4.90 Å². The van der Waals surface area contributed by atoms with Gasteiger partial charge in [-0.2, -0.15) is 0 Å². The van der Waals surface area contributed by atoms with Crippen LogP contribution < -0.4 is 0 Å². The molecular formula is C14H22FNO. The standard InChI is InChI=1S/C12H16FNO.C2H6/c1-9-3-4-10(5-12(9)13)6-14-7-11(8-14)15-2;1-2/h3-5,11H,6-8H2,1-2H3;1-2H3. The van der Waals surface area contributed by atoms with Crippen molar-refractivity contribution in [3.63, 3.8) is 0 Å². The largest absolute Gasteiger partial charge is 0.379 e. The predicted octanol–water partition coefficient (Wildman–Crippen LogP) is 2.99. The zero-order valence-corrected chi connectivity index (χ0v) is 11.2. The second kappa shape index (κ2) is 6.72. The van der Waals surface area contributed by atoms with Crippen molar-refractivity contribution in [2.75, 3.05) is 20.2 Å². The van der Waals surface area contributed by atoms with E-state index in [1.54, 1.807) is 20.1 Å². The number of hydrogen-bond donors (Lipinski definition) is 0. The van der Waals surface area contributed by atoms with Crippen LogP contribution in [0.15, 0.2) is 18.2 Å². The minimum absolute atomic E-state index is 0.115. The van der Waals surface area contributed by atoms with Gasteiger partial charge in [-0.15, -0.1) is 0 Å². The van der Waals surface area contributed by atoms with Crippen LogP contribution in [0.2, 0.25) is 0 Å². The minimum atomic E-state index is -0.115. The van der Waals surface area contributed by atoms with Gasteiger partial charge in [-0.25, -0.2) is 4.39 Å². The van der Waals surface area contributed by atoms with E-state index >= 15 is 0 Å². The van der Waals surface area contributed by atoms with Crippen molar-refractivity contribution in [3.05, 3.63) is 35.1 Å². The molecule has 3 heteroatoms. The lowest BCUT2D eigenvalue weighted by atomic mass is 10.1. The molecule has 2 nitrogen and oxygen atoms in total. The predicted molar refractivity (Wildman–Crippen MR) is 68.6 cm³/mol. The Labute approximate surface area is 103 Å². The van der Waals surface area contributed by atoms with E-state index in [1.807, 2.05) is 26.0 Å². The molecule has 0 radical (unpaired) electrons. The highest BCUT2D eigenvalue weighted by Gasteiger charge is 2.25. The fourth-order valence-electron chi connectivity index (χ4n) is 1.79. The molecule has 1 saturated heterocycles. The maximum absolute atomic E-state index is 13.3. The molecule has 0 spiro atoms. The molecule has 1 heterocycles. The van der Waals surface area contributed by atoms with E-state index in [0.717, 1.165) is 25.2 Å². The van der Waals surface area contributed by atoms with Crippen LogP contribution in [0.1, 0.15) is 25.0 Å². The van der Waals surface area contributed by atoms with Crippen molar-refractivity contribution in [1.29, 1.82) is 0 Å². The number of halogens is 1. The molecule has 17 heavy (non-hydrogen) atoms. The Balaban J connectivity index is 0.000000686. The number of rotatable bonds is 3. The lowest BCUT2D eigenvalue weighted by Gasteiger charge is -2.38. The molecule has 2 rings (SSSR count). The molecule has 0 atom stereocenters. The number of hydrogen-bond acceptors (Lipinski definition) is 2. The van der Waals surface area contributed by atoms with Gasteiger partial charge < -0.3 is 4.74 Å². The summed E-state index contributed by atoms with van der Waals surface area (Å²) < 4.78 is 18.4. The maximum atomic E-state index is 13.3. The molecule has 0 amide bonds. The SMILES string of the molecule is CC.COC1CN(Cc2ccc(C)c(F)c2)C1. The van der Waals surface area contributed by atoms with Crippen LogP contribution in [0.5, 0.6) is 0 Å². The second-order valence-corrected chi connectivity index (χ2v) is 4.14. The lowest BCUT2D eigenvalue weighted by Crippen LogP contribution is -2.50. The first-order valence-corrected chi connectivity index (χ1v) is 6.19. The highest BCUT2D eigenvalue weighted by Crippen LogP contribution is 2.16. The van der Waals surface area contributed by atoms with E-state index in [0.29, 0.717) is 11.7 Å². The Morgan fingerprint density at radius 1 is 1.35 bits per heavy atom. The number of nitrogens with zero attached hydrogens (tertiary/aromatic N) is 1. The average Bonchev–Trinajstić information content (AvgIpc) is 2.30. The third-order valence-electron chi connectivity index (χ3n) is 2.90. The zero-order valence-electron chi connectivity index (χ0n) is 11.2. The molecule has 1 aromatic carbocycles. The first-order chi connectivity index (χ1) is 8.19. The van der Waals surface area contributed by atoms with Gasteiger partial charge in [-0.1, -0.05) is 26.0 Å². The van der Waals surface area contributed by atoms with E-state index in [-0.39, 0.29) is 5.82 Å². The third-order valence-corrected chi connectivity index (χ3v) is 2.90. The summed E-state index contributed by atoms with van der Waals surface area (Å²) >= 11 is 0. The van der Waals surface area contributed by atoms with Crippen LogP contribution in [-0.4, -0.2) is 31.2 Å². The highest BCUT2D eigenvalue weighted by molar-refractivity contribution is 5.23. The summed E-state index contributed by atoms with van der Waals surface area (Å²) in [5, 5.41) is 0. The van der Waals surface area contributed by atoms with E-state index < -0.39 is 0 Å². The Morgan fingerprint density at radius 3 is 2.53 bits per heavy atom. The summed E-state index contributed by atoms with van der Waals surface area (Å²) in [6, 6.07) is 5.44. The van der Waals surface area contributed by atoms with Crippen LogP contribution in [0.3, 0.4) is 0 Å². The molecule has 1 aliphatic heterocycles. The summed E-state index contributed by atoms with van der Waals surface area (Å²) in [6.07, 6.45) is 0.361. The minimum Gasteiger partial charge on any atom is -0.379 e.